The first-order valence-electron chi connectivity index (χ1n) is 8.20. The fourth-order valence-electron chi connectivity index (χ4n) is 3.04. The second kappa shape index (κ2) is 5.83. The fourth-order valence-corrected chi connectivity index (χ4v) is 3.04. The fraction of sp³-hybridized carbons (Fsp3) is 0.222. The number of esters is 1. The average molecular weight is 350 g/mol. The van der Waals surface area contributed by atoms with E-state index in [4.69, 9.17) is 15.5 Å². The molecule has 0 aliphatic rings. The summed E-state index contributed by atoms with van der Waals surface area (Å²) in [5, 5.41) is 5.25. The molecule has 4 rings (SSSR count). The maximum absolute atomic E-state index is 11.7. The number of hydrogen-bond acceptors (Lipinski definition) is 6. The first-order chi connectivity index (χ1) is 12.5. The van der Waals surface area contributed by atoms with E-state index in [0.29, 0.717) is 22.6 Å². The first-order valence-corrected chi connectivity index (χ1v) is 8.20. The van der Waals surface area contributed by atoms with Gasteiger partial charge in [-0.3, -0.25) is 0 Å². The van der Waals surface area contributed by atoms with Crippen LogP contribution in [0.25, 0.3) is 27.8 Å². The van der Waals surface area contributed by atoms with E-state index < -0.39 is 0 Å². The highest BCUT2D eigenvalue weighted by molar-refractivity contribution is 5.97. The number of fused-ring (bicyclic) bond motifs is 2. The Labute approximate surface area is 149 Å². The molecule has 0 saturated heterocycles. The Morgan fingerprint density at radius 3 is 2.85 bits per heavy atom. The van der Waals surface area contributed by atoms with E-state index in [-0.39, 0.29) is 11.9 Å². The standard InChI is InChI=1S/C18H18N6O2/c1-9(2)17-23-14(15-16(19)20-8-21-24(15)17)13-6-10-4-5-11(18(25)26-3)7-12(10)22-13/h4-9,22H,1-3H3,(H2,19,20,21). The van der Waals surface area contributed by atoms with E-state index in [2.05, 4.69) is 15.1 Å². The maximum Gasteiger partial charge on any atom is 0.337 e. The van der Waals surface area contributed by atoms with Crippen molar-refractivity contribution in [2.24, 2.45) is 0 Å². The molecule has 0 bridgehead atoms. The number of H-pyrrole nitrogens is 1. The monoisotopic (exact) mass is 350 g/mol. The predicted molar refractivity (Wildman–Crippen MR) is 97.9 cm³/mol. The Balaban J connectivity index is 1.94. The Hall–Kier alpha value is -3.42. The zero-order valence-corrected chi connectivity index (χ0v) is 14.6. The number of rotatable bonds is 3. The molecular formula is C18H18N6O2. The molecule has 0 atom stereocenters. The molecule has 0 saturated carbocycles. The number of nitrogens with two attached hydrogens (primary N) is 1. The van der Waals surface area contributed by atoms with Crippen molar-refractivity contribution < 1.29 is 9.53 Å². The summed E-state index contributed by atoms with van der Waals surface area (Å²) >= 11 is 0. The highest BCUT2D eigenvalue weighted by Crippen LogP contribution is 2.31. The zero-order valence-electron chi connectivity index (χ0n) is 14.6. The molecule has 0 unspecified atom stereocenters. The Kier molecular flexibility index (Phi) is 3.61. The molecule has 4 aromatic rings. The van der Waals surface area contributed by atoms with Crippen LogP contribution in [0.1, 0.15) is 35.9 Å². The number of anilines is 1. The highest BCUT2D eigenvalue weighted by Gasteiger charge is 2.20. The molecule has 0 aliphatic heterocycles. The first kappa shape index (κ1) is 16.1. The molecule has 132 valence electrons. The second-order valence-electron chi connectivity index (χ2n) is 6.36. The molecule has 1 aromatic carbocycles. The number of ether oxygens (including phenoxy) is 1. The topological polar surface area (TPSA) is 111 Å². The summed E-state index contributed by atoms with van der Waals surface area (Å²) < 4.78 is 6.51. The normalized spacial score (nSPS) is 11.5. The number of nitrogens with zero attached hydrogens (tertiary/aromatic N) is 4. The number of carbonyl (C=O) groups is 1. The maximum atomic E-state index is 11.7. The summed E-state index contributed by atoms with van der Waals surface area (Å²) in [6.45, 7) is 4.09. The van der Waals surface area contributed by atoms with Gasteiger partial charge in [0.2, 0.25) is 0 Å². The van der Waals surface area contributed by atoms with Crippen molar-refractivity contribution in [3.63, 3.8) is 0 Å². The SMILES string of the molecule is COC(=O)c1ccc2cc(-c3nc(C(C)C)n4ncnc(N)c34)[nH]c2c1. The third-order valence-corrected chi connectivity index (χ3v) is 4.30. The summed E-state index contributed by atoms with van der Waals surface area (Å²) in [6.07, 6.45) is 1.42. The summed E-state index contributed by atoms with van der Waals surface area (Å²) in [5.41, 5.74) is 9.52. The molecule has 26 heavy (non-hydrogen) atoms. The van der Waals surface area contributed by atoms with Crippen molar-refractivity contribution in [1.29, 1.82) is 0 Å². The molecule has 0 aliphatic carbocycles. The lowest BCUT2D eigenvalue weighted by atomic mass is 10.1. The van der Waals surface area contributed by atoms with Crippen molar-refractivity contribution >= 4 is 28.2 Å². The molecule has 0 amide bonds. The van der Waals surface area contributed by atoms with E-state index in [1.165, 1.54) is 13.4 Å². The van der Waals surface area contributed by atoms with Gasteiger partial charge in [-0.25, -0.2) is 19.3 Å². The highest BCUT2D eigenvalue weighted by atomic mass is 16.5. The smallest absolute Gasteiger partial charge is 0.337 e. The largest absolute Gasteiger partial charge is 0.465 e. The van der Waals surface area contributed by atoms with Crippen molar-refractivity contribution in [1.82, 2.24) is 24.6 Å². The van der Waals surface area contributed by atoms with E-state index in [9.17, 15) is 4.79 Å². The minimum Gasteiger partial charge on any atom is -0.465 e. The van der Waals surface area contributed by atoms with Crippen molar-refractivity contribution in [2.75, 3.05) is 12.8 Å². The van der Waals surface area contributed by atoms with E-state index in [0.717, 1.165) is 22.4 Å². The van der Waals surface area contributed by atoms with E-state index in [1.807, 2.05) is 26.0 Å². The van der Waals surface area contributed by atoms with Crippen LogP contribution < -0.4 is 5.73 Å². The van der Waals surface area contributed by atoms with Crippen LogP contribution in [0.4, 0.5) is 5.82 Å². The van der Waals surface area contributed by atoms with Gasteiger partial charge in [-0.05, 0) is 18.2 Å². The van der Waals surface area contributed by atoms with Crippen LogP contribution in [-0.2, 0) is 4.74 Å². The van der Waals surface area contributed by atoms with E-state index >= 15 is 0 Å². The number of hydrogen-bond donors (Lipinski definition) is 2. The van der Waals surface area contributed by atoms with Crippen molar-refractivity contribution in [3.8, 4) is 11.4 Å². The van der Waals surface area contributed by atoms with Gasteiger partial charge in [0, 0.05) is 16.8 Å². The van der Waals surface area contributed by atoms with Crippen LogP contribution in [0.2, 0.25) is 0 Å². The Morgan fingerprint density at radius 2 is 2.12 bits per heavy atom. The van der Waals surface area contributed by atoms with Gasteiger partial charge in [-0.1, -0.05) is 19.9 Å². The number of benzene rings is 1. The lowest BCUT2D eigenvalue weighted by molar-refractivity contribution is 0.0601. The quantitative estimate of drug-likeness (QED) is 0.550. The van der Waals surface area contributed by atoms with Gasteiger partial charge in [-0.15, -0.1) is 0 Å². The summed E-state index contributed by atoms with van der Waals surface area (Å²) in [6, 6.07) is 7.32. The number of nitrogen functional groups attached to an aromatic ring is 1. The van der Waals surface area contributed by atoms with Gasteiger partial charge in [0.15, 0.2) is 5.82 Å². The number of aromatic nitrogens is 5. The van der Waals surface area contributed by atoms with Crippen molar-refractivity contribution in [3.05, 3.63) is 42.0 Å². The number of carbonyl (C=O) groups excluding carboxylic acids is 1. The van der Waals surface area contributed by atoms with Gasteiger partial charge in [0.1, 0.15) is 23.4 Å². The van der Waals surface area contributed by atoms with Crippen LogP contribution in [0.15, 0.2) is 30.6 Å². The minimum absolute atomic E-state index is 0.167. The Morgan fingerprint density at radius 1 is 1.31 bits per heavy atom. The summed E-state index contributed by atoms with van der Waals surface area (Å²) in [7, 11) is 1.36. The molecule has 0 radical (unpaired) electrons. The number of methoxy groups -OCH3 is 1. The Bertz CT molecular complexity index is 1140. The third-order valence-electron chi connectivity index (χ3n) is 4.30. The molecule has 3 N–H and O–H groups in total. The van der Waals surface area contributed by atoms with Gasteiger partial charge >= 0.3 is 5.97 Å². The molecule has 0 spiro atoms. The lowest BCUT2D eigenvalue weighted by Gasteiger charge is -2.02. The van der Waals surface area contributed by atoms with Crippen LogP contribution in [0.5, 0.6) is 0 Å². The average Bonchev–Trinajstić information content (AvgIpc) is 3.22. The van der Waals surface area contributed by atoms with Crippen LogP contribution in [-0.4, -0.2) is 37.6 Å². The molecule has 8 nitrogen and oxygen atoms in total. The van der Waals surface area contributed by atoms with E-state index in [1.54, 1.807) is 16.6 Å². The van der Waals surface area contributed by atoms with Gasteiger partial charge in [0.25, 0.3) is 0 Å². The molecule has 3 aromatic heterocycles. The molecule has 0 fully saturated rings. The minimum atomic E-state index is -0.379. The molecule has 8 heteroatoms. The summed E-state index contributed by atoms with van der Waals surface area (Å²) in [5.74, 6) is 0.956. The number of nitrogens with one attached hydrogen (secondary N) is 1. The van der Waals surface area contributed by atoms with Crippen LogP contribution >= 0.6 is 0 Å². The molecular weight excluding hydrogens is 332 g/mol. The second-order valence-corrected chi connectivity index (χ2v) is 6.36. The lowest BCUT2D eigenvalue weighted by Crippen LogP contribution is -2.03. The van der Waals surface area contributed by atoms with Crippen LogP contribution in [0.3, 0.4) is 0 Å². The van der Waals surface area contributed by atoms with Gasteiger partial charge in [0.05, 0.1) is 18.4 Å². The summed E-state index contributed by atoms with van der Waals surface area (Å²) in [4.78, 5) is 23.9. The van der Waals surface area contributed by atoms with Crippen molar-refractivity contribution in [2.45, 2.75) is 19.8 Å². The number of aromatic amines is 1. The van der Waals surface area contributed by atoms with Crippen LogP contribution in [0, 0.1) is 0 Å². The zero-order chi connectivity index (χ0) is 18.4. The third kappa shape index (κ3) is 2.38. The van der Waals surface area contributed by atoms with Gasteiger partial charge < -0.3 is 15.5 Å². The number of imidazole rings is 1. The van der Waals surface area contributed by atoms with Gasteiger partial charge in [-0.2, -0.15) is 5.10 Å². The molecule has 3 heterocycles. The predicted octanol–water partition coefficient (Wildman–Crippen LogP) is 2.76.